The van der Waals surface area contributed by atoms with Crippen LogP contribution in [0.5, 0.6) is 0 Å². The monoisotopic (exact) mass is 354 g/mol. The van der Waals surface area contributed by atoms with Crippen molar-refractivity contribution in [2.75, 3.05) is 0 Å². The van der Waals surface area contributed by atoms with Crippen molar-refractivity contribution >= 4 is 56.2 Å². The first-order valence-electron chi connectivity index (χ1n) is 4.99. The van der Waals surface area contributed by atoms with E-state index in [2.05, 4.69) is 0 Å². The van der Waals surface area contributed by atoms with Gasteiger partial charge >= 0.3 is 0 Å². The van der Waals surface area contributed by atoms with E-state index in [1.807, 2.05) is 0 Å². The average molecular weight is 356 g/mol. The molecule has 0 saturated heterocycles. The number of hydrogen-bond acceptors (Lipinski definition) is 2. The fourth-order valence-electron chi connectivity index (χ4n) is 1.47. The van der Waals surface area contributed by atoms with Gasteiger partial charge in [0.15, 0.2) is 0 Å². The van der Waals surface area contributed by atoms with Crippen LogP contribution in [0, 0.1) is 0 Å². The summed E-state index contributed by atoms with van der Waals surface area (Å²) in [6.45, 7) is 0. The maximum Gasteiger partial charge on any atom is 0.208 e. The summed E-state index contributed by atoms with van der Waals surface area (Å²) in [4.78, 5) is -0.0638. The highest BCUT2D eigenvalue weighted by Gasteiger charge is 2.24. The molecule has 0 unspecified atom stereocenters. The van der Waals surface area contributed by atoms with Crippen molar-refractivity contribution in [3.63, 3.8) is 0 Å². The van der Waals surface area contributed by atoms with Crippen LogP contribution in [0.25, 0.3) is 0 Å². The van der Waals surface area contributed by atoms with Gasteiger partial charge in [-0.3, -0.25) is 0 Å². The second-order valence-electron chi connectivity index (χ2n) is 3.61. The van der Waals surface area contributed by atoms with Crippen LogP contribution >= 0.6 is 46.4 Å². The van der Waals surface area contributed by atoms with Gasteiger partial charge < -0.3 is 0 Å². The Kier molecular flexibility index (Phi) is 4.33. The van der Waals surface area contributed by atoms with E-state index in [1.54, 1.807) is 18.2 Å². The van der Waals surface area contributed by atoms with E-state index in [0.717, 1.165) is 0 Å². The molecule has 0 aliphatic carbocycles. The summed E-state index contributed by atoms with van der Waals surface area (Å²) in [7, 11) is -3.79. The first-order chi connectivity index (χ1) is 8.85. The Morgan fingerprint density at radius 3 is 1.95 bits per heavy atom. The molecule has 0 aliphatic heterocycles. The van der Waals surface area contributed by atoms with E-state index in [1.165, 1.54) is 18.2 Å². The third-order valence-electron chi connectivity index (χ3n) is 2.41. The standard InChI is InChI=1S/C12H6Cl4O2S/c13-8-6-9(11(15)12(16)10(8)14)19(17,18)7-4-2-1-3-5-7/h1-6H. The van der Waals surface area contributed by atoms with Gasteiger partial charge in [0.2, 0.25) is 9.84 Å². The van der Waals surface area contributed by atoms with Gasteiger partial charge in [-0.2, -0.15) is 0 Å². The minimum atomic E-state index is -3.79. The quantitative estimate of drug-likeness (QED) is 0.552. The molecule has 2 aromatic rings. The summed E-state index contributed by atoms with van der Waals surface area (Å²) in [6.07, 6.45) is 0. The van der Waals surface area contributed by atoms with E-state index in [4.69, 9.17) is 46.4 Å². The molecule has 0 spiro atoms. The molecule has 0 aromatic heterocycles. The molecule has 0 amide bonds. The molecule has 0 atom stereocenters. The van der Waals surface area contributed by atoms with Gasteiger partial charge in [0, 0.05) is 0 Å². The molecule has 2 rings (SSSR count). The molecule has 19 heavy (non-hydrogen) atoms. The molecule has 7 heteroatoms. The smallest absolute Gasteiger partial charge is 0.208 e. The van der Waals surface area contributed by atoms with E-state index < -0.39 is 9.84 Å². The number of halogens is 4. The maximum absolute atomic E-state index is 12.4. The zero-order valence-corrected chi connectivity index (χ0v) is 13.0. The Morgan fingerprint density at radius 1 is 0.789 bits per heavy atom. The molecule has 0 saturated carbocycles. The van der Waals surface area contributed by atoms with Crippen LogP contribution in [0.2, 0.25) is 20.1 Å². The van der Waals surface area contributed by atoms with Crippen molar-refractivity contribution in [1.29, 1.82) is 0 Å². The molecule has 2 nitrogen and oxygen atoms in total. The van der Waals surface area contributed by atoms with Crippen molar-refractivity contribution in [2.45, 2.75) is 9.79 Å². The molecule has 0 radical (unpaired) electrons. The van der Waals surface area contributed by atoms with Crippen LogP contribution < -0.4 is 0 Å². The minimum absolute atomic E-state index is 0.0281. The lowest BCUT2D eigenvalue weighted by Crippen LogP contribution is -2.03. The Morgan fingerprint density at radius 2 is 1.37 bits per heavy atom. The Labute approximate surface area is 130 Å². The summed E-state index contributed by atoms with van der Waals surface area (Å²) in [5.74, 6) is 0. The van der Waals surface area contributed by atoms with Gasteiger partial charge in [0.05, 0.1) is 29.9 Å². The van der Waals surface area contributed by atoms with Crippen molar-refractivity contribution < 1.29 is 8.42 Å². The Bertz CT molecular complexity index is 727. The topological polar surface area (TPSA) is 34.1 Å². The summed E-state index contributed by atoms with van der Waals surface area (Å²) in [5.41, 5.74) is 0. The van der Waals surface area contributed by atoms with Crippen molar-refractivity contribution in [3.8, 4) is 0 Å². The van der Waals surface area contributed by atoms with Gasteiger partial charge in [0.1, 0.15) is 0 Å². The van der Waals surface area contributed by atoms with E-state index in [-0.39, 0.29) is 29.9 Å². The van der Waals surface area contributed by atoms with E-state index in [0.29, 0.717) is 0 Å². The highest BCUT2D eigenvalue weighted by molar-refractivity contribution is 7.91. The van der Waals surface area contributed by atoms with Crippen LogP contribution in [0.1, 0.15) is 0 Å². The molecule has 0 aliphatic rings. The third-order valence-corrected chi connectivity index (χ3v) is 6.07. The number of rotatable bonds is 2. The molecule has 2 aromatic carbocycles. The number of benzene rings is 2. The SMILES string of the molecule is O=S(=O)(c1ccccc1)c1cc(Cl)c(Cl)c(Cl)c1Cl. The molecule has 100 valence electrons. The normalized spacial score (nSPS) is 11.6. The summed E-state index contributed by atoms with van der Waals surface area (Å²) in [6, 6.07) is 9.05. The Balaban J connectivity index is 2.73. The first kappa shape index (κ1) is 14.9. The first-order valence-corrected chi connectivity index (χ1v) is 7.98. The summed E-state index contributed by atoms with van der Waals surface area (Å²) >= 11 is 23.5. The van der Waals surface area contributed by atoms with Crippen molar-refractivity contribution in [2.24, 2.45) is 0 Å². The second-order valence-corrected chi connectivity index (χ2v) is 7.07. The van der Waals surface area contributed by atoms with Crippen molar-refractivity contribution in [1.82, 2.24) is 0 Å². The van der Waals surface area contributed by atoms with Gasteiger partial charge in [0.25, 0.3) is 0 Å². The van der Waals surface area contributed by atoms with Crippen LogP contribution in [-0.2, 0) is 9.84 Å². The molecule has 0 heterocycles. The largest absolute Gasteiger partial charge is 0.218 e. The summed E-state index contributed by atoms with van der Waals surface area (Å²) in [5, 5.41) is -0.156. The molecule has 0 N–H and O–H groups in total. The molecule has 0 fully saturated rings. The highest BCUT2D eigenvalue weighted by Crippen LogP contribution is 2.41. The van der Waals surface area contributed by atoms with Gasteiger partial charge in [-0.1, -0.05) is 64.6 Å². The van der Waals surface area contributed by atoms with E-state index in [9.17, 15) is 8.42 Å². The zero-order valence-electron chi connectivity index (χ0n) is 9.20. The zero-order chi connectivity index (χ0) is 14.2. The maximum atomic E-state index is 12.4. The molecular formula is C12H6Cl4O2S. The lowest BCUT2D eigenvalue weighted by molar-refractivity contribution is 0.596. The fourth-order valence-corrected chi connectivity index (χ4v) is 4.08. The van der Waals surface area contributed by atoms with Gasteiger partial charge in [-0.05, 0) is 18.2 Å². The van der Waals surface area contributed by atoms with Gasteiger partial charge in [-0.25, -0.2) is 8.42 Å². The lowest BCUT2D eigenvalue weighted by atomic mass is 10.3. The second kappa shape index (κ2) is 5.51. The molecular weight excluding hydrogens is 350 g/mol. The van der Waals surface area contributed by atoms with Crippen LogP contribution in [0.4, 0.5) is 0 Å². The Hall–Kier alpha value is -0.450. The highest BCUT2D eigenvalue weighted by atomic mass is 35.5. The predicted octanol–water partition coefficient (Wildman–Crippen LogP) is 5.13. The van der Waals surface area contributed by atoms with Crippen LogP contribution in [0.3, 0.4) is 0 Å². The fraction of sp³-hybridized carbons (Fsp3) is 0. The minimum Gasteiger partial charge on any atom is -0.218 e. The molecule has 0 bridgehead atoms. The third kappa shape index (κ3) is 2.71. The number of sulfone groups is 1. The predicted molar refractivity (Wildman–Crippen MR) is 78.4 cm³/mol. The van der Waals surface area contributed by atoms with Crippen LogP contribution in [0.15, 0.2) is 46.2 Å². The summed E-state index contributed by atoms with van der Waals surface area (Å²) < 4.78 is 24.9. The number of hydrogen-bond donors (Lipinski definition) is 0. The van der Waals surface area contributed by atoms with E-state index >= 15 is 0 Å². The average Bonchev–Trinajstić information content (AvgIpc) is 2.41. The lowest BCUT2D eigenvalue weighted by Gasteiger charge is -2.10. The van der Waals surface area contributed by atoms with Crippen molar-refractivity contribution in [3.05, 3.63) is 56.5 Å². The van der Waals surface area contributed by atoms with Gasteiger partial charge in [-0.15, -0.1) is 0 Å². The van der Waals surface area contributed by atoms with Crippen LogP contribution in [-0.4, -0.2) is 8.42 Å².